The molecule has 4 rings (SSSR count). The van der Waals surface area contributed by atoms with E-state index in [0.717, 1.165) is 35.9 Å². The first-order valence-corrected chi connectivity index (χ1v) is 10.1. The Kier molecular flexibility index (Phi) is 7.36. The molecule has 0 spiro atoms. The van der Waals surface area contributed by atoms with E-state index in [4.69, 9.17) is 9.72 Å². The van der Waals surface area contributed by atoms with E-state index in [1.165, 1.54) is 16.7 Å². The van der Waals surface area contributed by atoms with Crippen molar-refractivity contribution in [1.29, 1.82) is 0 Å². The average molecular weight is 519 g/mol. The van der Waals surface area contributed by atoms with E-state index in [1.54, 1.807) is 0 Å². The molecule has 160 valence electrons. The molecule has 1 saturated heterocycles. The third kappa shape index (κ3) is 4.62. The van der Waals surface area contributed by atoms with Crippen molar-refractivity contribution in [2.24, 2.45) is 12.0 Å². The van der Waals surface area contributed by atoms with Crippen LogP contribution in [-0.2, 0) is 18.3 Å². The number of aryl methyl sites for hydroxylation is 3. The SMILES string of the molecule is CN=C(NCc1nc2ccccc2n1C)N1CCOC(c2ccc(C)cc2C)C1.I. The van der Waals surface area contributed by atoms with Crippen molar-refractivity contribution < 1.29 is 4.74 Å². The summed E-state index contributed by atoms with van der Waals surface area (Å²) in [6.07, 6.45) is 0.0543. The normalized spacial score (nSPS) is 17.1. The number of para-hydroxylation sites is 2. The minimum Gasteiger partial charge on any atom is -0.370 e. The number of morpholine rings is 1. The van der Waals surface area contributed by atoms with Gasteiger partial charge in [0.05, 0.1) is 30.7 Å². The topological polar surface area (TPSA) is 54.7 Å². The van der Waals surface area contributed by atoms with E-state index in [-0.39, 0.29) is 30.1 Å². The van der Waals surface area contributed by atoms with E-state index in [1.807, 2.05) is 25.2 Å². The third-order valence-electron chi connectivity index (χ3n) is 5.63. The van der Waals surface area contributed by atoms with Gasteiger partial charge < -0.3 is 19.5 Å². The predicted octanol–water partition coefficient (Wildman–Crippen LogP) is 3.96. The van der Waals surface area contributed by atoms with E-state index in [0.29, 0.717) is 13.2 Å². The molecule has 0 bridgehead atoms. The van der Waals surface area contributed by atoms with Crippen LogP contribution in [0.3, 0.4) is 0 Å². The molecule has 0 radical (unpaired) electrons. The zero-order valence-corrected chi connectivity index (χ0v) is 20.4. The number of aliphatic imine (C=N–C) groups is 1. The Labute approximate surface area is 195 Å². The molecule has 1 atom stereocenters. The fraction of sp³-hybridized carbons (Fsp3) is 0.391. The lowest BCUT2D eigenvalue weighted by molar-refractivity contribution is -0.00835. The van der Waals surface area contributed by atoms with Gasteiger partial charge in [-0.1, -0.05) is 35.9 Å². The molecule has 7 heteroatoms. The Balaban J connectivity index is 0.00000256. The van der Waals surface area contributed by atoms with Gasteiger partial charge in [0, 0.05) is 20.6 Å². The number of rotatable bonds is 3. The number of nitrogens with zero attached hydrogens (tertiary/aromatic N) is 4. The quantitative estimate of drug-likeness (QED) is 0.324. The van der Waals surface area contributed by atoms with Gasteiger partial charge in [0.2, 0.25) is 0 Å². The van der Waals surface area contributed by atoms with Crippen LogP contribution in [-0.4, -0.2) is 47.2 Å². The number of fused-ring (bicyclic) bond motifs is 1. The molecular weight excluding hydrogens is 489 g/mol. The number of imidazole rings is 1. The maximum atomic E-state index is 6.09. The van der Waals surface area contributed by atoms with E-state index in [2.05, 4.69) is 64.9 Å². The molecule has 30 heavy (non-hydrogen) atoms. The molecule has 1 N–H and O–H groups in total. The number of hydrogen-bond acceptors (Lipinski definition) is 3. The summed E-state index contributed by atoms with van der Waals surface area (Å²) < 4.78 is 8.22. The summed E-state index contributed by atoms with van der Waals surface area (Å²) in [4.78, 5) is 11.5. The largest absolute Gasteiger partial charge is 0.370 e. The molecule has 1 fully saturated rings. The molecule has 1 unspecified atom stereocenters. The highest BCUT2D eigenvalue weighted by molar-refractivity contribution is 14.0. The molecule has 2 heterocycles. The molecule has 0 aliphatic carbocycles. The summed E-state index contributed by atoms with van der Waals surface area (Å²) in [5.74, 6) is 1.88. The second kappa shape index (κ2) is 9.78. The molecule has 1 aromatic heterocycles. The highest BCUT2D eigenvalue weighted by Gasteiger charge is 2.25. The van der Waals surface area contributed by atoms with Gasteiger partial charge in [0.15, 0.2) is 5.96 Å². The number of halogens is 1. The summed E-state index contributed by atoms with van der Waals surface area (Å²) in [6, 6.07) is 14.8. The van der Waals surface area contributed by atoms with Crippen LogP contribution < -0.4 is 5.32 Å². The lowest BCUT2D eigenvalue weighted by Crippen LogP contribution is -2.48. The fourth-order valence-electron chi connectivity index (χ4n) is 4.06. The Hall–Kier alpha value is -2.13. The van der Waals surface area contributed by atoms with Crippen molar-refractivity contribution in [3.8, 4) is 0 Å². The number of guanidine groups is 1. The van der Waals surface area contributed by atoms with Crippen LogP contribution in [0.4, 0.5) is 0 Å². The van der Waals surface area contributed by atoms with Crippen molar-refractivity contribution in [1.82, 2.24) is 19.8 Å². The number of hydrogen-bond donors (Lipinski definition) is 1. The van der Waals surface area contributed by atoms with Crippen LogP contribution in [0.2, 0.25) is 0 Å². The van der Waals surface area contributed by atoms with Crippen LogP contribution in [0.5, 0.6) is 0 Å². The molecule has 2 aromatic carbocycles. The predicted molar refractivity (Wildman–Crippen MR) is 133 cm³/mol. The fourth-order valence-corrected chi connectivity index (χ4v) is 4.06. The van der Waals surface area contributed by atoms with Gasteiger partial charge in [-0.2, -0.15) is 0 Å². The molecule has 3 aromatic rings. The number of nitrogens with one attached hydrogen (secondary N) is 1. The van der Waals surface area contributed by atoms with Gasteiger partial charge in [-0.15, -0.1) is 24.0 Å². The number of benzene rings is 2. The van der Waals surface area contributed by atoms with Crippen LogP contribution in [0.25, 0.3) is 11.0 Å². The second-order valence-corrected chi connectivity index (χ2v) is 7.64. The summed E-state index contributed by atoms with van der Waals surface area (Å²) in [5.41, 5.74) is 5.97. The Morgan fingerprint density at radius 3 is 2.77 bits per heavy atom. The Morgan fingerprint density at radius 1 is 1.23 bits per heavy atom. The Morgan fingerprint density at radius 2 is 2.03 bits per heavy atom. The van der Waals surface area contributed by atoms with Crippen LogP contribution in [0.15, 0.2) is 47.5 Å². The van der Waals surface area contributed by atoms with Crippen LogP contribution >= 0.6 is 24.0 Å². The molecule has 1 aliphatic heterocycles. The van der Waals surface area contributed by atoms with Crippen molar-refractivity contribution in [3.05, 3.63) is 65.0 Å². The third-order valence-corrected chi connectivity index (χ3v) is 5.63. The highest BCUT2D eigenvalue weighted by Crippen LogP contribution is 2.26. The second-order valence-electron chi connectivity index (χ2n) is 7.64. The average Bonchev–Trinajstić information content (AvgIpc) is 3.05. The van der Waals surface area contributed by atoms with E-state index in [9.17, 15) is 0 Å². The summed E-state index contributed by atoms with van der Waals surface area (Å²) >= 11 is 0. The van der Waals surface area contributed by atoms with Crippen LogP contribution in [0.1, 0.15) is 28.6 Å². The summed E-state index contributed by atoms with van der Waals surface area (Å²) in [6.45, 7) is 7.20. The maximum Gasteiger partial charge on any atom is 0.194 e. The smallest absolute Gasteiger partial charge is 0.194 e. The van der Waals surface area contributed by atoms with Gasteiger partial charge in [0.25, 0.3) is 0 Å². The minimum absolute atomic E-state index is 0. The summed E-state index contributed by atoms with van der Waals surface area (Å²) in [5, 5.41) is 3.49. The van der Waals surface area contributed by atoms with Gasteiger partial charge in [-0.25, -0.2) is 4.98 Å². The van der Waals surface area contributed by atoms with Gasteiger partial charge in [-0.3, -0.25) is 4.99 Å². The zero-order chi connectivity index (χ0) is 20.4. The van der Waals surface area contributed by atoms with Crippen LogP contribution in [0, 0.1) is 13.8 Å². The van der Waals surface area contributed by atoms with Crippen molar-refractivity contribution in [2.75, 3.05) is 26.7 Å². The number of ether oxygens (including phenoxy) is 1. The number of aromatic nitrogens is 2. The first-order chi connectivity index (χ1) is 14.1. The van der Waals surface area contributed by atoms with Crippen molar-refractivity contribution >= 4 is 41.0 Å². The lowest BCUT2D eigenvalue weighted by Gasteiger charge is -2.35. The Bertz CT molecular complexity index is 1050. The summed E-state index contributed by atoms with van der Waals surface area (Å²) in [7, 11) is 3.89. The minimum atomic E-state index is 0. The standard InChI is InChI=1S/C23H29N5O.HI/c1-16-9-10-18(17(2)13-16)21-15-28(11-12-29-21)23(24-3)25-14-22-26-19-7-5-6-8-20(19)27(22)4;/h5-10,13,21H,11-12,14-15H2,1-4H3,(H,24,25);1H. The molecule has 0 amide bonds. The monoisotopic (exact) mass is 519 g/mol. The lowest BCUT2D eigenvalue weighted by atomic mass is 10.00. The van der Waals surface area contributed by atoms with Crippen molar-refractivity contribution in [2.45, 2.75) is 26.5 Å². The van der Waals surface area contributed by atoms with Gasteiger partial charge >= 0.3 is 0 Å². The van der Waals surface area contributed by atoms with Gasteiger partial charge in [-0.05, 0) is 37.1 Å². The van der Waals surface area contributed by atoms with Gasteiger partial charge in [0.1, 0.15) is 11.9 Å². The maximum absolute atomic E-state index is 6.09. The molecular formula is C23H30IN5O. The highest BCUT2D eigenvalue weighted by atomic mass is 127. The molecule has 0 saturated carbocycles. The van der Waals surface area contributed by atoms with E-state index < -0.39 is 0 Å². The molecule has 1 aliphatic rings. The van der Waals surface area contributed by atoms with E-state index >= 15 is 0 Å². The van der Waals surface area contributed by atoms with Crippen molar-refractivity contribution in [3.63, 3.8) is 0 Å². The first-order valence-electron chi connectivity index (χ1n) is 10.1. The zero-order valence-electron chi connectivity index (χ0n) is 18.1. The molecule has 6 nitrogen and oxygen atoms in total. The first kappa shape index (κ1) is 22.6.